The lowest BCUT2D eigenvalue weighted by atomic mass is 10.4. The first kappa shape index (κ1) is 17.8. The van der Waals surface area contributed by atoms with E-state index in [9.17, 15) is 0 Å². The third-order valence-electron chi connectivity index (χ3n) is 2.40. The first-order chi connectivity index (χ1) is 7.60. The van der Waals surface area contributed by atoms with Crippen LogP contribution in [-0.2, 0) is 0 Å². The Hall–Kier alpha value is -0.540. The monoisotopic (exact) mass is 229 g/mol. The topological polar surface area (TPSA) is 9.72 Å². The summed E-state index contributed by atoms with van der Waals surface area (Å²) in [5, 5.41) is 0. The molecule has 98 valence electrons. The molecule has 0 aromatic carbocycles. The van der Waals surface area contributed by atoms with Gasteiger partial charge in [0.05, 0.1) is 0 Å². The van der Waals surface area contributed by atoms with Gasteiger partial charge < -0.3 is 14.7 Å². The lowest BCUT2D eigenvalue weighted by molar-refractivity contribution is 0.262. The predicted molar refractivity (Wildman–Crippen MR) is 74.8 cm³/mol. The Morgan fingerprint density at radius 3 is 1.81 bits per heavy atom. The Bertz CT molecular complexity index is 146. The van der Waals surface area contributed by atoms with Crippen LogP contribution in [-0.4, -0.2) is 68.6 Å². The maximum absolute atomic E-state index is 3.83. The molecular weight excluding hydrogens is 198 g/mol. The molecule has 0 spiro atoms. The zero-order valence-electron chi connectivity index (χ0n) is 12.2. The molecule has 3 heteroatoms. The summed E-state index contributed by atoms with van der Waals surface area (Å²) in [5.74, 6) is 0. The average molecular weight is 229 g/mol. The van der Waals surface area contributed by atoms with Crippen molar-refractivity contribution >= 4 is 0 Å². The van der Waals surface area contributed by atoms with E-state index in [1.807, 2.05) is 20.0 Å². The fraction of sp³-hybridized carbons (Fsp3) is 0.846. The highest BCUT2D eigenvalue weighted by atomic mass is 15.2. The third-order valence-corrected chi connectivity index (χ3v) is 2.40. The van der Waals surface area contributed by atoms with Crippen molar-refractivity contribution in [2.45, 2.75) is 20.8 Å². The summed E-state index contributed by atoms with van der Waals surface area (Å²) in [6.07, 6.45) is 1.94. The van der Waals surface area contributed by atoms with E-state index < -0.39 is 0 Å². The van der Waals surface area contributed by atoms with Gasteiger partial charge in [-0.2, -0.15) is 0 Å². The van der Waals surface area contributed by atoms with E-state index >= 15 is 0 Å². The van der Waals surface area contributed by atoms with Gasteiger partial charge in [0.1, 0.15) is 0 Å². The van der Waals surface area contributed by atoms with E-state index in [4.69, 9.17) is 0 Å². The molecule has 0 aliphatic heterocycles. The highest BCUT2D eigenvalue weighted by Crippen LogP contribution is 1.91. The van der Waals surface area contributed by atoms with Gasteiger partial charge in [0.2, 0.25) is 0 Å². The second kappa shape index (κ2) is 12.5. The fourth-order valence-electron chi connectivity index (χ4n) is 1.08. The lowest BCUT2D eigenvalue weighted by Gasteiger charge is -2.24. The molecule has 0 fully saturated rings. The molecule has 0 aliphatic carbocycles. The van der Waals surface area contributed by atoms with Crippen LogP contribution >= 0.6 is 0 Å². The lowest BCUT2D eigenvalue weighted by Crippen LogP contribution is -2.34. The van der Waals surface area contributed by atoms with Crippen LogP contribution in [0.5, 0.6) is 0 Å². The van der Waals surface area contributed by atoms with Crippen LogP contribution in [0.4, 0.5) is 0 Å². The van der Waals surface area contributed by atoms with Crippen LogP contribution in [0.1, 0.15) is 20.8 Å². The van der Waals surface area contributed by atoms with Gasteiger partial charge in [-0.15, -0.1) is 0 Å². The van der Waals surface area contributed by atoms with Gasteiger partial charge in [0.15, 0.2) is 0 Å². The first-order valence-electron chi connectivity index (χ1n) is 6.30. The van der Waals surface area contributed by atoms with Gasteiger partial charge in [0.25, 0.3) is 0 Å². The molecule has 0 atom stereocenters. The molecule has 0 aromatic heterocycles. The molecule has 0 saturated heterocycles. The number of rotatable bonds is 8. The molecule has 0 aliphatic rings. The van der Waals surface area contributed by atoms with Gasteiger partial charge in [-0.05, 0) is 33.9 Å². The number of nitrogens with zero attached hydrogens (tertiary/aromatic N) is 3. The van der Waals surface area contributed by atoms with Gasteiger partial charge in [-0.25, -0.2) is 0 Å². The fourth-order valence-corrected chi connectivity index (χ4v) is 1.08. The van der Waals surface area contributed by atoms with E-state index in [1.54, 1.807) is 0 Å². The Morgan fingerprint density at radius 2 is 1.44 bits per heavy atom. The highest BCUT2D eigenvalue weighted by molar-refractivity contribution is 4.72. The third kappa shape index (κ3) is 11.5. The molecule has 0 unspecified atom stereocenters. The van der Waals surface area contributed by atoms with E-state index in [2.05, 4.69) is 49.3 Å². The smallest absolute Gasteiger partial charge is 0.0300 e. The summed E-state index contributed by atoms with van der Waals surface area (Å²) >= 11 is 0. The number of hydrogen-bond donors (Lipinski definition) is 0. The molecular formula is C13H31N3. The standard InChI is InChI=1S/C11H25N3.C2H6/c1-6-13(5)9-11-14(7-2)10-8-12(3)4;1-2/h7H,2,6,8-11H2,1,3-5H3;1-2H3. The van der Waals surface area contributed by atoms with Crippen molar-refractivity contribution in [2.75, 3.05) is 53.9 Å². The summed E-state index contributed by atoms with van der Waals surface area (Å²) in [6, 6.07) is 0. The molecule has 3 nitrogen and oxygen atoms in total. The summed E-state index contributed by atoms with van der Waals surface area (Å²) in [4.78, 5) is 6.78. The van der Waals surface area contributed by atoms with Crippen LogP contribution < -0.4 is 0 Å². The van der Waals surface area contributed by atoms with Crippen molar-refractivity contribution in [2.24, 2.45) is 0 Å². The SMILES string of the molecule is C=CN(CCN(C)C)CCN(C)CC.CC. The Morgan fingerprint density at radius 1 is 0.938 bits per heavy atom. The van der Waals surface area contributed by atoms with E-state index in [0.717, 1.165) is 32.7 Å². The van der Waals surface area contributed by atoms with E-state index in [0.29, 0.717) is 0 Å². The van der Waals surface area contributed by atoms with E-state index in [1.165, 1.54) is 0 Å². The summed E-state index contributed by atoms with van der Waals surface area (Å²) < 4.78 is 0. The van der Waals surface area contributed by atoms with Crippen molar-refractivity contribution in [1.82, 2.24) is 14.7 Å². The second-order valence-electron chi connectivity index (χ2n) is 3.92. The first-order valence-corrected chi connectivity index (χ1v) is 6.30. The van der Waals surface area contributed by atoms with Crippen LogP contribution in [0.25, 0.3) is 0 Å². The van der Waals surface area contributed by atoms with Crippen molar-refractivity contribution in [3.63, 3.8) is 0 Å². The van der Waals surface area contributed by atoms with Crippen molar-refractivity contribution in [1.29, 1.82) is 0 Å². The zero-order valence-corrected chi connectivity index (χ0v) is 12.2. The van der Waals surface area contributed by atoms with Gasteiger partial charge in [-0.1, -0.05) is 27.4 Å². The van der Waals surface area contributed by atoms with Gasteiger partial charge in [-0.3, -0.25) is 0 Å². The molecule has 0 rings (SSSR count). The Kier molecular flexibility index (Phi) is 14.0. The minimum absolute atomic E-state index is 1.06. The average Bonchev–Trinajstić information content (AvgIpc) is 2.31. The van der Waals surface area contributed by atoms with Gasteiger partial charge in [0, 0.05) is 26.2 Å². The molecule has 0 N–H and O–H groups in total. The molecule has 16 heavy (non-hydrogen) atoms. The zero-order chi connectivity index (χ0) is 13.0. The minimum Gasteiger partial charge on any atom is -0.375 e. The van der Waals surface area contributed by atoms with Gasteiger partial charge >= 0.3 is 0 Å². The second-order valence-corrected chi connectivity index (χ2v) is 3.92. The molecule has 0 radical (unpaired) electrons. The van der Waals surface area contributed by atoms with Crippen molar-refractivity contribution in [3.05, 3.63) is 12.8 Å². The van der Waals surface area contributed by atoms with E-state index in [-0.39, 0.29) is 0 Å². The van der Waals surface area contributed by atoms with Crippen LogP contribution in [0.2, 0.25) is 0 Å². The van der Waals surface area contributed by atoms with Crippen LogP contribution in [0, 0.1) is 0 Å². The van der Waals surface area contributed by atoms with Crippen LogP contribution in [0.15, 0.2) is 12.8 Å². The van der Waals surface area contributed by atoms with Crippen molar-refractivity contribution in [3.8, 4) is 0 Å². The van der Waals surface area contributed by atoms with Crippen LogP contribution in [0.3, 0.4) is 0 Å². The Labute approximate surface area is 103 Å². The summed E-state index contributed by atoms with van der Waals surface area (Å²) in [7, 11) is 6.34. The molecule has 0 saturated carbocycles. The largest absolute Gasteiger partial charge is 0.375 e. The summed E-state index contributed by atoms with van der Waals surface area (Å²) in [6.45, 7) is 15.4. The number of hydrogen-bond acceptors (Lipinski definition) is 3. The molecule has 0 heterocycles. The normalized spacial score (nSPS) is 10.0. The highest BCUT2D eigenvalue weighted by Gasteiger charge is 2.01. The molecule has 0 amide bonds. The molecule has 0 aromatic rings. The Balaban J connectivity index is 0. The minimum atomic E-state index is 1.06. The number of likely N-dealkylation sites (N-methyl/N-ethyl adjacent to an activating group) is 2. The van der Waals surface area contributed by atoms with Crippen molar-refractivity contribution < 1.29 is 0 Å². The quantitative estimate of drug-likeness (QED) is 0.630. The molecule has 0 bridgehead atoms. The maximum atomic E-state index is 3.83. The maximum Gasteiger partial charge on any atom is 0.0300 e. The predicted octanol–water partition coefficient (Wildman–Crippen LogP) is 1.97. The summed E-state index contributed by atoms with van der Waals surface area (Å²) in [5.41, 5.74) is 0.